The zero-order valence-electron chi connectivity index (χ0n) is 8.90. The molecule has 0 fully saturated rings. The van der Waals surface area contributed by atoms with E-state index in [1.165, 1.54) is 0 Å². The predicted octanol–water partition coefficient (Wildman–Crippen LogP) is 0.837. The Balaban J connectivity index is 2.13. The minimum absolute atomic E-state index is 0.724. The van der Waals surface area contributed by atoms with E-state index in [0.29, 0.717) is 0 Å². The second-order valence-electron chi connectivity index (χ2n) is 3.35. The summed E-state index contributed by atoms with van der Waals surface area (Å²) >= 11 is 0. The summed E-state index contributed by atoms with van der Waals surface area (Å²) in [5.41, 5.74) is 0.820. The van der Waals surface area contributed by atoms with Gasteiger partial charge >= 0.3 is 0 Å². The van der Waals surface area contributed by atoms with Crippen LogP contribution < -0.4 is 5.32 Å². The van der Waals surface area contributed by atoms with Crippen molar-refractivity contribution >= 4 is 0 Å². The molecule has 0 amide bonds. The largest absolute Gasteiger partial charge is 0.439 e. The van der Waals surface area contributed by atoms with E-state index < -0.39 is 0 Å². The molecule has 0 bridgehead atoms. The molecule has 2 rings (SSSR count). The molecule has 0 atom stereocenters. The van der Waals surface area contributed by atoms with Crippen LogP contribution in [0.25, 0.3) is 11.5 Å². The molecule has 80 valence electrons. The van der Waals surface area contributed by atoms with Gasteiger partial charge in [-0.25, -0.2) is 4.98 Å². The van der Waals surface area contributed by atoms with Gasteiger partial charge in [0.1, 0.15) is 5.69 Å². The first-order valence-corrected chi connectivity index (χ1v) is 4.89. The maximum Gasteiger partial charge on any atom is 0.196 e. The van der Waals surface area contributed by atoms with Gasteiger partial charge in [-0.2, -0.15) is 5.10 Å². The highest BCUT2D eigenvalue weighted by Gasteiger charge is 2.07. The van der Waals surface area contributed by atoms with Crippen molar-refractivity contribution in [3.8, 4) is 11.5 Å². The van der Waals surface area contributed by atoms with Crippen LogP contribution in [0.3, 0.4) is 0 Å². The standard InChI is InChI=1S/C10H14N4O/c1-11-5-3-10-12-7-9(15-10)8-4-6-14(2)13-8/h4,6-7,11H,3,5H2,1-2H3. The Kier molecular flexibility index (Phi) is 2.82. The van der Waals surface area contributed by atoms with Crippen LogP contribution >= 0.6 is 0 Å². The number of nitrogens with zero attached hydrogens (tertiary/aromatic N) is 3. The van der Waals surface area contributed by atoms with Crippen LogP contribution in [0.5, 0.6) is 0 Å². The van der Waals surface area contributed by atoms with E-state index in [2.05, 4.69) is 15.4 Å². The number of rotatable bonds is 4. The number of hydrogen-bond acceptors (Lipinski definition) is 4. The number of likely N-dealkylation sites (N-methyl/N-ethyl adjacent to an activating group) is 1. The summed E-state index contributed by atoms with van der Waals surface area (Å²) in [6.07, 6.45) is 4.39. The summed E-state index contributed by atoms with van der Waals surface area (Å²) in [4.78, 5) is 4.18. The lowest BCUT2D eigenvalue weighted by atomic mass is 10.4. The molecule has 2 heterocycles. The van der Waals surface area contributed by atoms with Gasteiger partial charge in [0, 0.05) is 26.2 Å². The Labute approximate surface area is 88.1 Å². The first-order chi connectivity index (χ1) is 7.29. The first-order valence-electron chi connectivity index (χ1n) is 4.89. The molecule has 0 saturated heterocycles. The zero-order valence-corrected chi connectivity index (χ0v) is 8.90. The number of aryl methyl sites for hydroxylation is 1. The molecular weight excluding hydrogens is 192 g/mol. The zero-order chi connectivity index (χ0) is 10.7. The van der Waals surface area contributed by atoms with Gasteiger partial charge in [0.25, 0.3) is 0 Å². The molecule has 2 aromatic heterocycles. The molecule has 2 aromatic rings. The van der Waals surface area contributed by atoms with E-state index in [4.69, 9.17) is 4.42 Å². The Morgan fingerprint density at radius 3 is 3.07 bits per heavy atom. The summed E-state index contributed by atoms with van der Waals surface area (Å²) < 4.78 is 7.30. The second kappa shape index (κ2) is 4.27. The fourth-order valence-corrected chi connectivity index (χ4v) is 1.32. The van der Waals surface area contributed by atoms with Crippen LogP contribution in [0.15, 0.2) is 22.9 Å². The van der Waals surface area contributed by atoms with Crippen LogP contribution in [-0.2, 0) is 13.5 Å². The molecular formula is C10H14N4O. The van der Waals surface area contributed by atoms with Gasteiger partial charge in [-0.3, -0.25) is 4.68 Å². The van der Waals surface area contributed by atoms with Gasteiger partial charge in [0.15, 0.2) is 11.7 Å². The minimum Gasteiger partial charge on any atom is -0.439 e. The molecule has 1 N–H and O–H groups in total. The van der Waals surface area contributed by atoms with Crippen molar-refractivity contribution in [2.75, 3.05) is 13.6 Å². The van der Waals surface area contributed by atoms with Crippen molar-refractivity contribution < 1.29 is 4.42 Å². The lowest BCUT2D eigenvalue weighted by Crippen LogP contribution is -2.10. The van der Waals surface area contributed by atoms with Crippen molar-refractivity contribution in [3.05, 3.63) is 24.4 Å². The summed E-state index contributed by atoms with van der Waals surface area (Å²) in [7, 11) is 3.78. The SMILES string of the molecule is CNCCc1ncc(-c2ccn(C)n2)o1. The smallest absolute Gasteiger partial charge is 0.196 e. The van der Waals surface area contributed by atoms with Crippen LogP contribution in [-0.4, -0.2) is 28.4 Å². The molecule has 0 spiro atoms. The Bertz CT molecular complexity index is 432. The molecule has 0 aliphatic heterocycles. The third-order valence-corrected chi connectivity index (χ3v) is 2.11. The molecule has 5 nitrogen and oxygen atoms in total. The monoisotopic (exact) mass is 206 g/mol. The van der Waals surface area contributed by atoms with Crippen molar-refractivity contribution in [1.29, 1.82) is 0 Å². The summed E-state index contributed by atoms with van der Waals surface area (Å²) in [5.74, 6) is 1.46. The van der Waals surface area contributed by atoms with Gasteiger partial charge in [0.05, 0.1) is 6.20 Å². The molecule has 0 saturated carbocycles. The van der Waals surface area contributed by atoms with Gasteiger partial charge < -0.3 is 9.73 Å². The summed E-state index contributed by atoms with van der Waals surface area (Å²) in [6, 6.07) is 1.91. The highest BCUT2D eigenvalue weighted by molar-refractivity contribution is 5.49. The normalized spacial score (nSPS) is 10.8. The van der Waals surface area contributed by atoms with E-state index >= 15 is 0 Å². The fraction of sp³-hybridized carbons (Fsp3) is 0.400. The van der Waals surface area contributed by atoms with Gasteiger partial charge in [0.2, 0.25) is 0 Å². The predicted molar refractivity (Wildman–Crippen MR) is 56.3 cm³/mol. The lowest BCUT2D eigenvalue weighted by molar-refractivity contribution is 0.498. The molecule has 0 radical (unpaired) electrons. The lowest BCUT2D eigenvalue weighted by Gasteiger charge is -1.93. The third kappa shape index (κ3) is 2.24. The van der Waals surface area contributed by atoms with E-state index in [-0.39, 0.29) is 0 Å². The van der Waals surface area contributed by atoms with Crippen molar-refractivity contribution in [1.82, 2.24) is 20.1 Å². The van der Waals surface area contributed by atoms with Crippen LogP contribution in [0.4, 0.5) is 0 Å². The maximum absolute atomic E-state index is 5.56. The van der Waals surface area contributed by atoms with E-state index in [1.807, 2.05) is 26.4 Å². The van der Waals surface area contributed by atoms with Crippen LogP contribution in [0.2, 0.25) is 0 Å². The maximum atomic E-state index is 5.56. The number of nitrogens with one attached hydrogen (secondary N) is 1. The average molecular weight is 206 g/mol. The van der Waals surface area contributed by atoms with Crippen LogP contribution in [0, 0.1) is 0 Å². The topological polar surface area (TPSA) is 55.9 Å². The highest BCUT2D eigenvalue weighted by atomic mass is 16.4. The fourth-order valence-electron chi connectivity index (χ4n) is 1.32. The van der Waals surface area contributed by atoms with Gasteiger partial charge in [-0.15, -0.1) is 0 Å². The summed E-state index contributed by atoms with van der Waals surface area (Å²) in [5, 5.41) is 7.29. The van der Waals surface area contributed by atoms with E-state index in [1.54, 1.807) is 10.9 Å². The number of oxazole rings is 1. The van der Waals surface area contributed by atoms with Crippen LogP contribution in [0.1, 0.15) is 5.89 Å². The molecule has 5 heteroatoms. The van der Waals surface area contributed by atoms with E-state index in [0.717, 1.165) is 30.3 Å². The molecule has 0 unspecified atom stereocenters. The molecule has 0 aliphatic rings. The van der Waals surface area contributed by atoms with Gasteiger partial charge in [-0.05, 0) is 13.1 Å². The summed E-state index contributed by atoms with van der Waals surface area (Å²) in [6.45, 7) is 0.863. The number of aromatic nitrogens is 3. The number of hydrogen-bond donors (Lipinski definition) is 1. The second-order valence-corrected chi connectivity index (χ2v) is 3.35. The first kappa shape index (κ1) is 9.92. The van der Waals surface area contributed by atoms with Gasteiger partial charge in [-0.1, -0.05) is 0 Å². The third-order valence-electron chi connectivity index (χ3n) is 2.11. The van der Waals surface area contributed by atoms with E-state index in [9.17, 15) is 0 Å². The molecule has 0 aromatic carbocycles. The average Bonchev–Trinajstić information content (AvgIpc) is 2.83. The quantitative estimate of drug-likeness (QED) is 0.805. The minimum atomic E-state index is 0.724. The molecule has 15 heavy (non-hydrogen) atoms. The van der Waals surface area contributed by atoms with Crippen molar-refractivity contribution in [2.45, 2.75) is 6.42 Å². The highest BCUT2D eigenvalue weighted by Crippen LogP contribution is 2.17. The van der Waals surface area contributed by atoms with Crippen molar-refractivity contribution in [2.24, 2.45) is 7.05 Å². The Morgan fingerprint density at radius 2 is 2.40 bits per heavy atom. The molecule has 0 aliphatic carbocycles. The Hall–Kier alpha value is -1.62. The Morgan fingerprint density at radius 1 is 1.53 bits per heavy atom. The van der Waals surface area contributed by atoms with Crippen molar-refractivity contribution in [3.63, 3.8) is 0 Å².